The molecule has 0 heterocycles. The predicted octanol–water partition coefficient (Wildman–Crippen LogP) is 3.46. The van der Waals surface area contributed by atoms with Crippen molar-refractivity contribution in [3.05, 3.63) is 72.9 Å². The van der Waals surface area contributed by atoms with Gasteiger partial charge in [0, 0.05) is 6.42 Å². The van der Waals surface area contributed by atoms with Crippen molar-refractivity contribution in [1.82, 2.24) is 0 Å². The van der Waals surface area contributed by atoms with Crippen LogP contribution in [0.2, 0.25) is 0 Å². The van der Waals surface area contributed by atoms with Crippen molar-refractivity contribution in [2.45, 2.75) is 57.3 Å². The molecule has 0 aliphatic heterocycles. The molecule has 0 amide bonds. The number of aliphatic carboxylic acids is 1. The Labute approximate surface area is 162 Å². The van der Waals surface area contributed by atoms with Crippen molar-refractivity contribution in [1.29, 1.82) is 0 Å². The predicted molar refractivity (Wildman–Crippen MR) is 109 cm³/mol. The molecule has 2 unspecified atom stereocenters. The molecule has 0 spiro atoms. The molecule has 0 rings (SSSR count). The SMILES string of the molecule is CC/C=C\C[C@H](O)/C=C/C=C\CC(O)/C=C/C=C\C=C\C(O)CCC(=O)O. The molecule has 0 aliphatic rings. The van der Waals surface area contributed by atoms with Crippen LogP contribution >= 0.6 is 0 Å². The quantitative estimate of drug-likeness (QED) is 0.275. The largest absolute Gasteiger partial charge is 0.481 e. The molecule has 0 aromatic heterocycles. The first-order chi connectivity index (χ1) is 13.0. The van der Waals surface area contributed by atoms with E-state index in [1.54, 1.807) is 48.6 Å². The average Bonchev–Trinajstić information content (AvgIpc) is 2.62. The zero-order valence-corrected chi connectivity index (χ0v) is 15.9. The third-order valence-corrected chi connectivity index (χ3v) is 3.39. The number of hydrogen-bond acceptors (Lipinski definition) is 4. The summed E-state index contributed by atoms with van der Waals surface area (Å²) in [5, 5.41) is 37.5. The fourth-order valence-electron chi connectivity index (χ4n) is 1.93. The van der Waals surface area contributed by atoms with Crippen LogP contribution in [0.3, 0.4) is 0 Å². The lowest BCUT2D eigenvalue weighted by Gasteiger charge is -2.00. The molecule has 150 valence electrons. The third kappa shape index (κ3) is 18.4. The van der Waals surface area contributed by atoms with Gasteiger partial charge in [-0.05, 0) is 25.7 Å². The molecule has 3 atom stereocenters. The number of carbonyl (C=O) groups is 1. The zero-order valence-electron chi connectivity index (χ0n) is 15.9. The fraction of sp³-hybridized carbons (Fsp3) is 0.409. The summed E-state index contributed by atoms with van der Waals surface area (Å²) in [6.07, 6.45) is 21.2. The highest BCUT2D eigenvalue weighted by molar-refractivity contribution is 5.66. The van der Waals surface area contributed by atoms with E-state index in [-0.39, 0.29) is 12.8 Å². The molecular formula is C22H32O5. The normalized spacial score (nSPS) is 16.6. The molecule has 0 aliphatic carbocycles. The highest BCUT2D eigenvalue weighted by atomic mass is 16.4. The molecule has 5 nitrogen and oxygen atoms in total. The number of rotatable bonds is 14. The van der Waals surface area contributed by atoms with Crippen LogP contribution in [0.15, 0.2) is 72.9 Å². The van der Waals surface area contributed by atoms with Gasteiger partial charge in [-0.2, -0.15) is 0 Å². The van der Waals surface area contributed by atoms with Crippen LogP contribution in [0.5, 0.6) is 0 Å². The van der Waals surface area contributed by atoms with Crippen LogP contribution in [0.1, 0.15) is 39.0 Å². The van der Waals surface area contributed by atoms with Gasteiger partial charge in [-0.3, -0.25) is 4.79 Å². The van der Waals surface area contributed by atoms with E-state index in [1.807, 2.05) is 25.2 Å². The summed E-state index contributed by atoms with van der Waals surface area (Å²) in [5.74, 6) is -0.931. The molecule has 27 heavy (non-hydrogen) atoms. The van der Waals surface area contributed by atoms with Crippen LogP contribution in [0.25, 0.3) is 0 Å². The highest BCUT2D eigenvalue weighted by Crippen LogP contribution is 2.00. The lowest BCUT2D eigenvalue weighted by atomic mass is 10.2. The first-order valence-electron chi connectivity index (χ1n) is 9.21. The Hall–Kier alpha value is -2.21. The van der Waals surface area contributed by atoms with Gasteiger partial charge >= 0.3 is 5.97 Å². The van der Waals surface area contributed by atoms with Gasteiger partial charge in [-0.15, -0.1) is 0 Å². The summed E-state index contributed by atoms with van der Waals surface area (Å²) in [5.41, 5.74) is 0. The van der Waals surface area contributed by atoms with Crippen LogP contribution in [-0.2, 0) is 4.79 Å². The van der Waals surface area contributed by atoms with Gasteiger partial charge in [0.25, 0.3) is 0 Å². The average molecular weight is 376 g/mol. The van der Waals surface area contributed by atoms with E-state index in [1.165, 1.54) is 6.08 Å². The van der Waals surface area contributed by atoms with Gasteiger partial charge in [-0.25, -0.2) is 0 Å². The maximum absolute atomic E-state index is 10.4. The van der Waals surface area contributed by atoms with Gasteiger partial charge in [0.2, 0.25) is 0 Å². The number of allylic oxidation sites excluding steroid dienone is 7. The minimum Gasteiger partial charge on any atom is -0.481 e. The molecule has 0 aromatic carbocycles. The second kappa shape index (κ2) is 17.2. The Morgan fingerprint density at radius 1 is 0.741 bits per heavy atom. The van der Waals surface area contributed by atoms with Gasteiger partial charge < -0.3 is 20.4 Å². The number of hydrogen-bond donors (Lipinski definition) is 4. The topological polar surface area (TPSA) is 98.0 Å². The van der Waals surface area contributed by atoms with E-state index in [4.69, 9.17) is 5.11 Å². The van der Waals surface area contributed by atoms with Gasteiger partial charge in [-0.1, -0.05) is 79.8 Å². The summed E-state index contributed by atoms with van der Waals surface area (Å²) in [6.45, 7) is 2.04. The molecule has 0 saturated heterocycles. The lowest BCUT2D eigenvalue weighted by molar-refractivity contribution is -0.137. The number of carboxylic acid groups (broad SMARTS) is 1. The smallest absolute Gasteiger partial charge is 0.303 e. The van der Waals surface area contributed by atoms with E-state index >= 15 is 0 Å². The van der Waals surface area contributed by atoms with Crippen LogP contribution in [-0.4, -0.2) is 44.7 Å². The summed E-state index contributed by atoms with van der Waals surface area (Å²) in [4.78, 5) is 10.4. The molecule has 0 radical (unpaired) electrons. The highest BCUT2D eigenvalue weighted by Gasteiger charge is 2.02. The summed E-state index contributed by atoms with van der Waals surface area (Å²) < 4.78 is 0. The summed E-state index contributed by atoms with van der Waals surface area (Å²) >= 11 is 0. The van der Waals surface area contributed by atoms with E-state index in [9.17, 15) is 20.1 Å². The first-order valence-corrected chi connectivity index (χ1v) is 9.21. The van der Waals surface area contributed by atoms with E-state index in [0.29, 0.717) is 12.8 Å². The summed E-state index contributed by atoms with van der Waals surface area (Å²) in [7, 11) is 0. The van der Waals surface area contributed by atoms with Gasteiger partial charge in [0.05, 0.1) is 18.3 Å². The van der Waals surface area contributed by atoms with Crippen molar-refractivity contribution < 1.29 is 25.2 Å². The minimum atomic E-state index is -0.931. The Morgan fingerprint density at radius 3 is 1.81 bits per heavy atom. The molecule has 0 bridgehead atoms. The van der Waals surface area contributed by atoms with Gasteiger partial charge in [0.15, 0.2) is 0 Å². The second-order valence-electron chi connectivity index (χ2n) is 5.95. The number of aliphatic hydroxyl groups is 3. The Balaban J connectivity index is 4.01. The lowest BCUT2D eigenvalue weighted by Crippen LogP contribution is -2.05. The first kappa shape index (κ1) is 24.8. The fourth-order valence-corrected chi connectivity index (χ4v) is 1.93. The molecule has 0 saturated carbocycles. The molecule has 0 aromatic rings. The van der Waals surface area contributed by atoms with Gasteiger partial charge in [0.1, 0.15) is 0 Å². The Bertz CT molecular complexity index is 555. The van der Waals surface area contributed by atoms with Crippen molar-refractivity contribution >= 4 is 5.97 Å². The maximum Gasteiger partial charge on any atom is 0.303 e. The Kier molecular flexibility index (Phi) is 15.8. The zero-order chi connectivity index (χ0) is 20.3. The number of carboxylic acids is 1. The Morgan fingerprint density at radius 2 is 1.26 bits per heavy atom. The van der Waals surface area contributed by atoms with E-state index in [2.05, 4.69) is 0 Å². The van der Waals surface area contributed by atoms with Crippen LogP contribution in [0.4, 0.5) is 0 Å². The monoisotopic (exact) mass is 376 g/mol. The van der Waals surface area contributed by atoms with Crippen molar-refractivity contribution in [3.8, 4) is 0 Å². The van der Waals surface area contributed by atoms with E-state index in [0.717, 1.165) is 6.42 Å². The summed E-state index contributed by atoms with van der Waals surface area (Å²) in [6, 6.07) is 0. The van der Waals surface area contributed by atoms with Crippen LogP contribution in [0, 0.1) is 0 Å². The third-order valence-electron chi connectivity index (χ3n) is 3.39. The number of aliphatic hydroxyl groups excluding tert-OH is 3. The second-order valence-corrected chi connectivity index (χ2v) is 5.95. The van der Waals surface area contributed by atoms with E-state index < -0.39 is 24.3 Å². The van der Waals surface area contributed by atoms with Crippen molar-refractivity contribution in [2.24, 2.45) is 0 Å². The molecule has 0 fully saturated rings. The standard InChI is InChI=1S/C22H32O5/c1-2-3-7-12-19(23)14-10-6-11-15-20(24)13-8-4-5-9-16-21(25)17-18-22(26)27/h3-11,13-14,16,19-21,23-25H,2,12,15,17-18H2,1H3,(H,26,27)/b5-4-,7-3-,11-6-,13-8+,14-10+,16-9+/t19-,20?,21?/m0/s1. The molecule has 5 heteroatoms. The van der Waals surface area contributed by atoms with Crippen LogP contribution < -0.4 is 0 Å². The minimum absolute atomic E-state index is 0.0705. The van der Waals surface area contributed by atoms with Crippen molar-refractivity contribution in [3.63, 3.8) is 0 Å². The molecular weight excluding hydrogens is 344 g/mol. The molecule has 4 N–H and O–H groups in total. The van der Waals surface area contributed by atoms with Crippen molar-refractivity contribution in [2.75, 3.05) is 0 Å². The maximum atomic E-state index is 10.4.